The molecule has 1 unspecified atom stereocenters. The molecule has 2 heterocycles. The van der Waals surface area contributed by atoms with E-state index < -0.39 is 0 Å². The zero-order chi connectivity index (χ0) is 13.8. The van der Waals surface area contributed by atoms with E-state index in [1.165, 1.54) is 0 Å². The highest BCUT2D eigenvalue weighted by molar-refractivity contribution is 7.16. The topological polar surface area (TPSA) is 58.0 Å². The largest absolute Gasteiger partial charge is 0.393 e. The van der Waals surface area contributed by atoms with Crippen LogP contribution in [0.2, 0.25) is 0 Å². The van der Waals surface area contributed by atoms with Crippen LogP contribution in [0.1, 0.15) is 33.0 Å². The molecule has 0 saturated heterocycles. The molecule has 0 amide bonds. The van der Waals surface area contributed by atoms with Gasteiger partial charge in [0.25, 0.3) is 0 Å². The molecule has 0 aliphatic heterocycles. The van der Waals surface area contributed by atoms with Gasteiger partial charge in [-0.25, -0.2) is 9.97 Å². The van der Waals surface area contributed by atoms with E-state index >= 15 is 0 Å². The highest BCUT2D eigenvalue weighted by Gasteiger charge is 2.11. The van der Waals surface area contributed by atoms with Crippen LogP contribution < -0.4 is 5.32 Å². The number of nitrogens with zero attached hydrogens (tertiary/aromatic N) is 2. The quantitative estimate of drug-likeness (QED) is 0.853. The van der Waals surface area contributed by atoms with Crippen molar-refractivity contribution >= 4 is 27.4 Å². The van der Waals surface area contributed by atoms with Gasteiger partial charge in [0, 0.05) is 13.0 Å². The maximum absolute atomic E-state index is 9.81. The van der Waals surface area contributed by atoms with Crippen LogP contribution in [0.3, 0.4) is 0 Å². The van der Waals surface area contributed by atoms with Gasteiger partial charge in [-0.1, -0.05) is 20.8 Å². The standard InChI is InChI=1S/C14H21N3OS/c1-4-12-16-13(10-6-8-19-14(10)17-12)15-7-5-11(18)9(2)3/h6,8-9,11,18H,4-5,7H2,1-3H3,(H,15,16,17). The highest BCUT2D eigenvalue weighted by Crippen LogP contribution is 2.25. The minimum absolute atomic E-state index is 0.266. The molecule has 2 N–H and O–H groups in total. The molecule has 0 aromatic carbocycles. The van der Waals surface area contributed by atoms with Crippen LogP contribution in [0.5, 0.6) is 0 Å². The molecule has 2 rings (SSSR count). The minimum atomic E-state index is -0.266. The fourth-order valence-electron chi connectivity index (χ4n) is 1.86. The highest BCUT2D eigenvalue weighted by atomic mass is 32.1. The van der Waals surface area contributed by atoms with Crippen molar-refractivity contribution in [1.82, 2.24) is 9.97 Å². The Labute approximate surface area is 117 Å². The minimum Gasteiger partial charge on any atom is -0.393 e. The monoisotopic (exact) mass is 279 g/mol. The molecule has 0 fully saturated rings. The number of aliphatic hydroxyl groups excluding tert-OH is 1. The number of hydrogen-bond acceptors (Lipinski definition) is 5. The maximum Gasteiger partial charge on any atom is 0.138 e. The van der Waals surface area contributed by atoms with Crippen molar-refractivity contribution in [1.29, 1.82) is 0 Å². The lowest BCUT2D eigenvalue weighted by molar-refractivity contribution is 0.120. The van der Waals surface area contributed by atoms with Crippen LogP contribution >= 0.6 is 11.3 Å². The zero-order valence-electron chi connectivity index (χ0n) is 11.7. The van der Waals surface area contributed by atoms with E-state index in [1.807, 2.05) is 25.3 Å². The molecule has 19 heavy (non-hydrogen) atoms. The van der Waals surface area contributed by atoms with E-state index in [4.69, 9.17) is 0 Å². The molecule has 2 aromatic rings. The molecular formula is C14H21N3OS. The van der Waals surface area contributed by atoms with E-state index in [2.05, 4.69) is 22.2 Å². The fraction of sp³-hybridized carbons (Fsp3) is 0.571. The van der Waals surface area contributed by atoms with Crippen molar-refractivity contribution in [3.8, 4) is 0 Å². The smallest absolute Gasteiger partial charge is 0.138 e. The Morgan fingerprint density at radius 3 is 2.84 bits per heavy atom. The third kappa shape index (κ3) is 3.42. The van der Waals surface area contributed by atoms with Gasteiger partial charge in [0.1, 0.15) is 16.5 Å². The molecular weight excluding hydrogens is 258 g/mol. The number of rotatable bonds is 6. The summed E-state index contributed by atoms with van der Waals surface area (Å²) in [5.41, 5.74) is 0. The van der Waals surface area contributed by atoms with E-state index in [-0.39, 0.29) is 6.10 Å². The molecule has 0 saturated carbocycles. The number of thiophene rings is 1. The summed E-state index contributed by atoms with van der Waals surface area (Å²) in [6, 6.07) is 2.04. The van der Waals surface area contributed by atoms with Gasteiger partial charge in [0.2, 0.25) is 0 Å². The fourth-order valence-corrected chi connectivity index (χ4v) is 2.65. The molecule has 0 radical (unpaired) electrons. The van der Waals surface area contributed by atoms with Crippen molar-refractivity contribution in [2.45, 2.75) is 39.7 Å². The summed E-state index contributed by atoms with van der Waals surface area (Å²) in [7, 11) is 0. The van der Waals surface area contributed by atoms with Crippen LogP contribution in [0.25, 0.3) is 10.2 Å². The molecule has 1 atom stereocenters. The Morgan fingerprint density at radius 1 is 1.37 bits per heavy atom. The van der Waals surface area contributed by atoms with Crippen molar-refractivity contribution < 1.29 is 5.11 Å². The molecule has 104 valence electrons. The molecule has 0 aliphatic carbocycles. The molecule has 0 aliphatic rings. The lowest BCUT2D eigenvalue weighted by atomic mass is 10.0. The first-order valence-corrected chi connectivity index (χ1v) is 7.65. The van der Waals surface area contributed by atoms with E-state index in [9.17, 15) is 5.11 Å². The maximum atomic E-state index is 9.81. The van der Waals surface area contributed by atoms with Gasteiger partial charge in [-0.15, -0.1) is 11.3 Å². The third-order valence-corrected chi connectivity index (χ3v) is 4.00. The third-order valence-electron chi connectivity index (χ3n) is 3.19. The number of hydrogen-bond donors (Lipinski definition) is 2. The number of anilines is 1. The average Bonchev–Trinajstić information content (AvgIpc) is 2.86. The van der Waals surface area contributed by atoms with Crippen LogP contribution in [0.15, 0.2) is 11.4 Å². The lowest BCUT2D eigenvalue weighted by Gasteiger charge is -2.15. The Hall–Kier alpha value is -1.20. The summed E-state index contributed by atoms with van der Waals surface area (Å²) >= 11 is 1.64. The van der Waals surface area contributed by atoms with Gasteiger partial charge in [0.15, 0.2) is 0 Å². The second kappa shape index (κ2) is 6.30. The number of aryl methyl sites for hydroxylation is 1. The van der Waals surface area contributed by atoms with E-state index in [0.717, 1.165) is 41.2 Å². The average molecular weight is 279 g/mol. The number of aromatic nitrogens is 2. The summed E-state index contributed by atoms with van der Waals surface area (Å²) in [6.45, 7) is 6.84. The summed E-state index contributed by atoms with van der Waals surface area (Å²) < 4.78 is 0. The molecule has 5 heteroatoms. The number of aliphatic hydroxyl groups is 1. The van der Waals surface area contributed by atoms with E-state index in [1.54, 1.807) is 11.3 Å². The molecule has 0 spiro atoms. The molecule has 0 bridgehead atoms. The Bertz CT molecular complexity index is 538. The van der Waals surface area contributed by atoms with Crippen LogP contribution in [-0.2, 0) is 6.42 Å². The van der Waals surface area contributed by atoms with Gasteiger partial charge in [-0.2, -0.15) is 0 Å². The van der Waals surface area contributed by atoms with Gasteiger partial charge >= 0.3 is 0 Å². The first-order valence-electron chi connectivity index (χ1n) is 6.77. The molecule has 4 nitrogen and oxygen atoms in total. The van der Waals surface area contributed by atoms with Crippen molar-refractivity contribution in [3.63, 3.8) is 0 Å². The Balaban J connectivity index is 2.09. The van der Waals surface area contributed by atoms with Gasteiger partial charge in [0.05, 0.1) is 11.5 Å². The summed E-state index contributed by atoms with van der Waals surface area (Å²) in [5, 5.41) is 16.2. The van der Waals surface area contributed by atoms with Gasteiger partial charge in [-0.3, -0.25) is 0 Å². The summed E-state index contributed by atoms with van der Waals surface area (Å²) in [4.78, 5) is 10.1. The predicted octanol–water partition coefficient (Wildman–Crippen LogP) is 3.07. The van der Waals surface area contributed by atoms with Crippen LogP contribution in [0.4, 0.5) is 5.82 Å². The zero-order valence-corrected chi connectivity index (χ0v) is 12.5. The first-order chi connectivity index (χ1) is 9.11. The Morgan fingerprint density at radius 2 is 2.16 bits per heavy atom. The van der Waals surface area contributed by atoms with Crippen molar-refractivity contribution in [2.24, 2.45) is 5.92 Å². The predicted molar refractivity (Wildman–Crippen MR) is 80.7 cm³/mol. The number of nitrogens with one attached hydrogen (secondary N) is 1. The summed E-state index contributed by atoms with van der Waals surface area (Å²) in [5.74, 6) is 2.04. The Kier molecular flexibility index (Phi) is 4.71. The second-order valence-corrected chi connectivity index (χ2v) is 5.90. The van der Waals surface area contributed by atoms with Crippen LogP contribution in [0, 0.1) is 5.92 Å². The van der Waals surface area contributed by atoms with E-state index in [0.29, 0.717) is 5.92 Å². The summed E-state index contributed by atoms with van der Waals surface area (Å²) in [6.07, 6.45) is 1.30. The second-order valence-electron chi connectivity index (χ2n) is 5.01. The van der Waals surface area contributed by atoms with Gasteiger partial charge in [-0.05, 0) is 23.8 Å². The lowest BCUT2D eigenvalue weighted by Crippen LogP contribution is -2.19. The normalized spacial score (nSPS) is 13.1. The van der Waals surface area contributed by atoms with Gasteiger partial charge < -0.3 is 10.4 Å². The van der Waals surface area contributed by atoms with Crippen LogP contribution in [-0.4, -0.2) is 27.7 Å². The first kappa shape index (κ1) is 14.2. The number of fused-ring (bicyclic) bond motifs is 1. The SMILES string of the molecule is CCc1nc(NCCC(O)C(C)C)c2ccsc2n1. The van der Waals surface area contributed by atoms with Crippen molar-refractivity contribution in [3.05, 3.63) is 17.3 Å². The van der Waals surface area contributed by atoms with Crippen molar-refractivity contribution in [2.75, 3.05) is 11.9 Å². The molecule has 2 aromatic heterocycles.